The third-order valence-corrected chi connectivity index (χ3v) is 1.99. The van der Waals surface area contributed by atoms with Gasteiger partial charge < -0.3 is 5.73 Å². The molecule has 4 nitrogen and oxygen atoms in total. The summed E-state index contributed by atoms with van der Waals surface area (Å²) < 4.78 is 0. The second kappa shape index (κ2) is 6.40. The van der Waals surface area contributed by atoms with Gasteiger partial charge in [-0.15, -0.1) is 6.58 Å². The molecular formula is C12H15N3O. The maximum Gasteiger partial charge on any atom is 0.332 e. The molecule has 0 aliphatic heterocycles. The Labute approximate surface area is 94.8 Å². The summed E-state index contributed by atoms with van der Waals surface area (Å²) in [4.78, 5) is 10.6. The fourth-order valence-electron chi connectivity index (χ4n) is 1.26. The number of benzene rings is 1. The molecule has 0 atom stereocenters. The Morgan fingerprint density at radius 2 is 2.12 bits per heavy atom. The van der Waals surface area contributed by atoms with E-state index in [1.165, 1.54) is 0 Å². The minimum atomic E-state index is -0.660. The van der Waals surface area contributed by atoms with Crippen molar-refractivity contribution in [2.75, 3.05) is 0 Å². The van der Waals surface area contributed by atoms with Gasteiger partial charge in [-0.25, -0.2) is 10.2 Å². The molecule has 4 heteroatoms. The van der Waals surface area contributed by atoms with Crippen molar-refractivity contribution in [3.8, 4) is 0 Å². The van der Waals surface area contributed by atoms with Crippen LogP contribution in [0.2, 0.25) is 0 Å². The zero-order valence-corrected chi connectivity index (χ0v) is 9.02. The molecule has 0 saturated heterocycles. The Bertz CT molecular complexity index is 385. The first kappa shape index (κ1) is 12.0. The lowest BCUT2D eigenvalue weighted by molar-refractivity contribution is 0.249. The number of carbonyl (C=O) groups excluding carboxylic acids is 1. The number of primary amides is 1. The van der Waals surface area contributed by atoms with Crippen LogP contribution in [0, 0.1) is 0 Å². The van der Waals surface area contributed by atoms with Crippen LogP contribution in [0.4, 0.5) is 4.79 Å². The van der Waals surface area contributed by atoms with Gasteiger partial charge in [0.1, 0.15) is 0 Å². The molecule has 0 aliphatic carbocycles. The standard InChI is InChI=1S/C12H15N3O/c1-2-3-9-11(14-15-12(13)16)10-7-5-4-6-8-10/h2,4-8H,1,3,9H2,(H3,13,15,16). The van der Waals surface area contributed by atoms with Crippen LogP contribution in [0.3, 0.4) is 0 Å². The molecule has 16 heavy (non-hydrogen) atoms. The van der Waals surface area contributed by atoms with Crippen LogP contribution < -0.4 is 11.2 Å². The molecule has 0 spiro atoms. The number of amides is 2. The van der Waals surface area contributed by atoms with E-state index in [-0.39, 0.29) is 0 Å². The minimum Gasteiger partial charge on any atom is -0.350 e. The first-order valence-electron chi connectivity index (χ1n) is 5.02. The number of nitrogens with zero attached hydrogens (tertiary/aromatic N) is 1. The first-order valence-corrected chi connectivity index (χ1v) is 5.02. The zero-order chi connectivity index (χ0) is 11.8. The zero-order valence-electron chi connectivity index (χ0n) is 9.02. The number of allylic oxidation sites excluding steroid dienone is 1. The van der Waals surface area contributed by atoms with Crippen molar-refractivity contribution in [2.45, 2.75) is 12.8 Å². The minimum absolute atomic E-state index is 0.660. The molecule has 84 valence electrons. The molecule has 2 amide bonds. The van der Waals surface area contributed by atoms with Crippen LogP contribution in [-0.2, 0) is 0 Å². The van der Waals surface area contributed by atoms with E-state index in [1.54, 1.807) is 0 Å². The van der Waals surface area contributed by atoms with Crippen molar-refractivity contribution in [2.24, 2.45) is 10.8 Å². The van der Waals surface area contributed by atoms with Crippen molar-refractivity contribution in [1.29, 1.82) is 0 Å². The van der Waals surface area contributed by atoms with Gasteiger partial charge in [-0.3, -0.25) is 0 Å². The highest BCUT2D eigenvalue weighted by molar-refractivity contribution is 6.01. The summed E-state index contributed by atoms with van der Waals surface area (Å²) in [5.74, 6) is 0. The van der Waals surface area contributed by atoms with Crippen molar-refractivity contribution in [3.63, 3.8) is 0 Å². The van der Waals surface area contributed by atoms with E-state index < -0.39 is 6.03 Å². The molecule has 0 aromatic heterocycles. The van der Waals surface area contributed by atoms with Gasteiger partial charge in [-0.2, -0.15) is 5.10 Å². The lowest BCUT2D eigenvalue weighted by atomic mass is 10.1. The third kappa shape index (κ3) is 3.96. The molecule has 0 bridgehead atoms. The topological polar surface area (TPSA) is 67.5 Å². The van der Waals surface area contributed by atoms with Crippen LogP contribution >= 0.6 is 0 Å². The van der Waals surface area contributed by atoms with E-state index in [0.29, 0.717) is 6.42 Å². The first-order chi connectivity index (χ1) is 7.74. The molecule has 0 radical (unpaired) electrons. The second-order valence-electron chi connectivity index (χ2n) is 3.23. The molecule has 3 N–H and O–H groups in total. The monoisotopic (exact) mass is 217 g/mol. The number of urea groups is 1. The van der Waals surface area contributed by atoms with Gasteiger partial charge in [0.25, 0.3) is 0 Å². The van der Waals surface area contributed by atoms with Gasteiger partial charge >= 0.3 is 6.03 Å². The summed E-state index contributed by atoms with van der Waals surface area (Å²) >= 11 is 0. The molecule has 1 aromatic carbocycles. The molecule has 1 aromatic rings. The van der Waals surface area contributed by atoms with Crippen molar-refractivity contribution >= 4 is 11.7 Å². The second-order valence-corrected chi connectivity index (χ2v) is 3.23. The Morgan fingerprint density at radius 3 is 2.69 bits per heavy atom. The van der Waals surface area contributed by atoms with Crippen molar-refractivity contribution in [1.82, 2.24) is 5.43 Å². The molecule has 0 saturated carbocycles. The van der Waals surface area contributed by atoms with E-state index >= 15 is 0 Å². The molecule has 0 unspecified atom stereocenters. The highest BCUT2D eigenvalue weighted by Crippen LogP contribution is 2.06. The summed E-state index contributed by atoms with van der Waals surface area (Å²) in [7, 11) is 0. The third-order valence-electron chi connectivity index (χ3n) is 1.99. The molecule has 0 fully saturated rings. The van der Waals surface area contributed by atoms with Crippen LogP contribution in [0.5, 0.6) is 0 Å². The normalized spacial score (nSPS) is 10.9. The molecular weight excluding hydrogens is 202 g/mol. The van der Waals surface area contributed by atoms with Gasteiger partial charge in [0, 0.05) is 0 Å². The number of hydrogen-bond donors (Lipinski definition) is 2. The summed E-state index contributed by atoms with van der Waals surface area (Å²) in [6.07, 6.45) is 3.32. The fourth-order valence-corrected chi connectivity index (χ4v) is 1.26. The average molecular weight is 217 g/mol. The predicted octanol–water partition coefficient (Wildman–Crippen LogP) is 2.03. The van der Waals surface area contributed by atoms with Crippen LogP contribution in [0.1, 0.15) is 18.4 Å². The van der Waals surface area contributed by atoms with Crippen LogP contribution in [0.15, 0.2) is 48.1 Å². The van der Waals surface area contributed by atoms with E-state index in [9.17, 15) is 4.79 Å². The van der Waals surface area contributed by atoms with Crippen molar-refractivity contribution < 1.29 is 4.79 Å². The summed E-state index contributed by atoms with van der Waals surface area (Å²) in [5, 5.41) is 3.98. The summed E-state index contributed by atoms with van der Waals surface area (Å²) in [5.41, 5.74) is 8.98. The Balaban J connectivity index is 2.82. The number of carbonyl (C=O) groups is 1. The quantitative estimate of drug-likeness (QED) is 0.442. The summed E-state index contributed by atoms with van der Waals surface area (Å²) in [6.45, 7) is 3.65. The Morgan fingerprint density at radius 1 is 1.44 bits per heavy atom. The number of hydrazone groups is 1. The highest BCUT2D eigenvalue weighted by atomic mass is 16.2. The maximum absolute atomic E-state index is 10.6. The van der Waals surface area contributed by atoms with Gasteiger partial charge in [0.15, 0.2) is 0 Å². The van der Waals surface area contributed by atoms with Crippen LogP contribution in [0.25, 0.3) is 0 Å². The maximum atomic E-state index is 10.6. The van der Waals surface area contributed by atoms with Crippen LogP contribution in [-0.4, -0.2) is 11.7 Å². The van der Waals surface area contributed by atoms with E-state index in [1.807, 2.05) is 36.4 Å². The van der Waals surface area contributed by atoms with Crippen molar-refractivity contribution in [3.05, 3.63) is 48.6 Å². The summed E-state index contributed by atoms with van der Waals surface area (Å²) in [6, 6.07) is 8.98. The van der Waals surface area contributed by atoms with Gasteiger partial charge in [0.05, 0.1) is 5.71 Å². The van der Waals surface area contributed by atoms with E-state index in [0.717, 1.165) is 17.7 Å². The van der Waals surface area contributed by atoms with E-state index in [2.05, 4.69) is 17.1 Å². The SMILES string of the molecule is C=CCCC(=NNC(N)=O)c1ccccc1. The molecule has 0 aliphatic rings. The predicted molar refractivity (Wildman–Crippen MR) is 65.1 cm³/mol. The van der Waals surface area contributed by atoms with Gasteiger partial charge in [0.2, 0.25) is 0 Å². The average Bonchev–Trinajstić information content (AvgIpc) is 2.30. The highest BCUT2D eigenvalue weighted by Gasteiger charge is 2.02. The number of nitrogens with one attached hydrogen (secondary N) is 1. The number of rotatable bonds is 5. The van der Waals surface area contributed by atoms with Gasteiger partial charge in [-0.05, 0) is 18.4 Å². The lowest BCUT2D eigenvalue weighted by Crippen LogP contribution is -2.26. The lowest BCUT2D eigenvalue weighted by Gasteiger charge is -2.05. The largest absolute Gasteiger partial charge is 0.350 e. The Hall–Kier alpha value is -2.10. The van der Waals surface area contributed by atoms with Gasteiger partial charge in [-0.1, -0.05) is 36.4 Å². The number of hydrogen-bond acceptors (Lipinski definition) is 2. The molecule has 1 rings (SSSR count). The fraction of sp³-hybridized carbons (Fsp3) is 0.167. The smallest absolute Gasteiger partial charge is 0.332 e. The molecule has 0 heterocycles. The number of nitrogens with two attached hydrogens (primary N) is 1. The Kier molecular flexibility index (Phi) is 4.79. The van der Waals surface area contributed by atoms with E-state index in [4.69, 9.17) is 5.73 Å².